The van der Waals surface area contributed by atoms with Crippen molar-refractivity contribution in [2.45, 2.75) is 6.42 Å². The molecule has 8 heteroatoms. The van der Waals surface area contributed by atoms with E-state index in [9.17, 15) is 9.59 Å². The third-order valence-corrected chi connectivity index (χ3v) is 4.38. The van der Waals surface area contributed by atoms with Gasteiger partial charge in [0, 0.05) is 12.5 Å². The minimum Gasteiger partial charge on any atom is -0.497 e. The number of ether oxygens (including phenoxy) is 6. The second-order valence-corrected chi connectivity index (χ2v) is 6.70. The van der Waals surface area contributed by atoms with E-state index >= 15 is 0 Å². The lowest BCUT2D eigenvalue weighted by atomic mass is 10.1. The van der Waals surface area contributed by atoms with Crippen molar-refractivity contribution >= 4 is 11.9 Å². The van der Waals surface area contributed by atoms with Crippen LogP contribution in [0.4, 0.5) is 0 Å². The van der Waals surface area contributed by atoms with E-state index in [1.807, 2.05) is 24.3 Å². The lowest BCUT2D eigenvalue weighted by Crippen LogP contribution is -2.13. The molecule has 0 amide bonds. The summed E-state index contributed by atoms with van der Waals surface area (Å²) in [6, 6.07) is 14.4. The number of carbonyl (C=O) groups is 2. The highest BCUT2D eigenvalue weighted by Crippen LogP contribution is 2.14. The van der Waals surface area contributed by atoms with E-state index in [0.717, 1.165) is 17.4 Å². The molecule has 0 spiro atoms. The van der Waals surface area contributed by atoms with Crippen molar-refractivity contribution in [1.82, 2.24) is 0 Å². The standard InChI is InChI=1S/C25H30O8/c1-3-24(26)32-19-17-30-15-14-29-16-18-31-23-10-6-21(7-11-23)25(27)33-13-12-20-4-8-22(28-2)9-5-20/h3-11H,1,12-19H2,2H3. The maximum atomic E-state index is 12.2. The number of benzene rings is 2. The summed E-state index contributed by atoms with van der Waals surface area (Å²) in [6.07, 6.45) is 1.73. The maximum Gasteiger partial charge on any atom is 0.338 e. The molecule has 178 valence electrons. The van der Waals surface area contributed by atoms with Crippen LogP contribution >= 0.6 is 0 Å². The van der Waals surface area contributed by atoms with Crippen LogP contribution in [0.15, 0.2) is 61.2 Å². The Morgan fingerprint density at radius 2 is 1.36 bits per heavy atom. The second-order valence-electron chi connectivity index (χ2n) is 6.70. The van der Waals surface area contributed by atoms with E-state index in [2.05, 4.69) is 6.58 Å². The number of methoxy groups -OCH3 is 1. The summed E-state index contributed by atoms with van der Waals surface area (Å²) >= 11 is 0. The Bertz CT molecular complexity index is 846. The highest BCUT2D eigenvalue weighted by Gasteiger charge is 2.07. The molecule has 33 heavy (non-hydrogen) atoms. The fourth-order valence-corrected chi connectivity index (χ4v) is 2.62. The zero-order valence-corrected chi connectivity index (χ0v) is 18.8. The molecule has 0 fully saturated rings. The highest BCUT2D eigenvalue weighted by atomic mass is 16.6. The number of carbonyl (C=O) groups excluding carboxylic acids is 2. The zero-order chi connectivity index (χ0) is 23.7. The van der Waals surface area contributed by atoms with E-state index in [1.165, 1.54) is 0 Å². The summed E-state index contributed by atoms with van der Waals surface area (Å²) in [4.78, 5) is 23.0. The van der Waals surface area contributed by atoms with Gasteiger partial charge in [-0.2, -0.15) is 0 Å². The van der Waals surface area contributed by atoms with Crippen molar-refractivity contribution in [2.75, 3.05) is 53.4 Å². The summed E-state index contributed by atoms with van der Waals surface area (Å²) in [5, 5.41) is 0. The number of rotatable bonds is 16. The smallest absolute Gasteiger partial charge is 0.338 e. The summed E-state index contributed by atoms with van der Waals surface area (Å²) in [5.41, 5.74) is 1.53. The Balaban J connectivity index is 1.53. The average Bonchev–Trinajstić information content (AvgIpc) is 2.85. The normalized spacial score (nSPS) is 10.3. The molecule has 0 aromatic heterocycles. The molecular formula is C25H30O8. The molecule has 0 atom stereocenters. The molecule has 0 bridgehead atoms. The quantitative estimate of drug-likeness (QED) is 0.215. The van der Waals surface area contributed by atoms with Crippen molar-refractivity contribution in [3.63, 3.8) is 0 Å². The van der Waals surface area contributed by atoms with E-state index in [1.54, 1.807) is 31.4 Å². The monoisotopic (exact) mass is 458 g/mol. The first-order chi connectivity index (χ1) is 16.1. The topological polar surface area (TPSA) is 89.5 Å². The van der Waals surface area contributed by atoms with Gasteiger partial charge in [-0.1, -0.05) is 18.7 Å². The predicted molar refractivity (Wildman–Crippen MR) is 122 cm³/mol. The Morgan fingerprint density at radius 3 is 2.00 bits per heavy atom. The van der Waals surface area contributed by atoms with Gasteiger partial charge >= 0.3 is 11.9 Å². The third kappa shape index (κ3) is 10.7. The van der Waals surface area contributed by atoms with Gasteiger partial charge < -0.3 is 28.4 Å². The lowest BCUT2D eigenvalue weighted by molar-refractivity contribution is -0.139. The minimum absolute atomic E-state index is 0.181. The molecule has 2 aromatic rings. The van der Waals surface area contributed by atoms with Gasteiger partial charge in [-0.25, -0.2) is 9.59 Å². The third-order valence-electron chi connectivity index (χ3n) is 4.38. The van der Waals surface area contributed by atoms with Crippen molar-refractivity contribution in [2.24, 2.45) is 0 Å². The number of hydrogen-bond acceptors (Lipinski definition) is 8. The van der Waals surface area contributed by atoms with Gasteiger partial charge in [0.15, 0.2) is 0 Å². The maximum absolute atomic E-state index is 12.2. The van der Waals surface area contributed by atoms with Gasteiger partial charge in [-0.3, -0.25) is 0 Å². The summed E-state index contributed by atoms with van der Waals surface area (Å²) in [7, 11) is 1.62. The van der Waals surface area contributed by atoms with Crippen LogP contribution < -0.4 is 9.47 Å². The lowest BCUT2D eigenvalue weighted by Gasteiger charge is -2.09. The molecule has 0 aliphatic rings. The molecule has 0 N–H and O–H groups in total. The fourth-order valence-electron chi connectivity index (χ4n) is 2.62. The van der Waals surface area contributed by atoms with Crippen LogP contribution in [-0.2, 0) is 30.2 Å². The van der Waals surface area contributed by atoms with Crippen LogP contribution in [0.25, 0.3) is 0 Å². The van der Waals surface area contributed by atoms with E-state index in [4.69, 9.17) is 28.4 Å². The van der Waals surface area contributed by atoms with E-state index < -0.39 is 5.97 Å². The Kier molecular flexibility index (Phi) is 12.1. The van der Waals surface area contributed by atoms with Crippen molar-refractivity contribution in [1.29, 1.82) is 0 Å². The van der Waals surface area contributed by atoms with Gasteiger partial charge in [0.1, 0.15) is 24.7 Å². The Labute approximate surface area is 194 Å². The number of esters is 2. The number of hydrogen-bond donors (Lipinski definition) is 0. The largest absolute Gasteiger partial charge is 0.497 e. The van der Waals surface area contributed by atoms with Gasteiger partial charge in [-0.05, 0) is 42.0 Å². The van der Waals surface area contributed by atoms with Crippen molar-refractivity contribution in [3.05, 3.63) is 72.3 Å². The van der Waals surface area contributed by atoms with Crippen LogP contribution in [-0.4, -0.2) is 65.3 Å². The first-order valence-electron chi connectivity index (χ1n) is 10.6. The van der Waals surface area contributed by atoms with Gasteiger partial charge in [0.25, 0.3) is 0 Å². The first kappa shape index (κ1) is 25.9. The summed E-state index contributed by atoms with van der Waals surface area (Å²) < 4.78 is 31.5. The van der Waals surface area contributed by atoms with Gasteiger partial charge in [-0.15, -0.1) is 0 Å². The molecule has 0 heterocycles. The molecule has 2 aromatic carbocycles. The molecule has 0 aliphatic heterocycles. The fraction of sp³-hybridized carbons (Fsp3) is 0.360. The van der Waals surface area contributed by atoms with Crippen molar-refractivity contribution in [3.8, 4) is 11.5 Å². The van der Waals surface area contributed by atoms with Crippen molar-refractivity contribution < 1.29 is 38.0 Å². The SMILES string of the molecule is C=CC(=O)OCCOCCOCCOc1ccc(C(=O)OCCc2ccc(OC)cc2)cc1. The molecule has 8 nitrogen and oxygen atoms in total. The molecule has 0 saturated heterocycles. The molecule has 0 unspecified atom stereocenters. The summed E-state index contributed by atoms with van der Waals surface area (Å²) in [5.74, 6) is 0.576. The van der Waals surface area contributed by atoms with E-state index in [0.29, 0.717) is 57.4 Å². The first-order valence-corrected chi connectivity index (χ1v) is 10.6. The molecule has 0 aliphatic carbocycles. The average molecular weight is 459 g/mol. The Hall–Kier alpha value is -3.36. The predicted octanol–water partition coefficient (Wildman–Crippen LogP) is 3.24. The molecular weight excluding hydrogens is 428 g/mol. The van der Waals surface area contributed by atoms with Crippen LogP contribution in [0.3, 0.4) is 0 Å². The van der Waals surface area contributed by atoms with Crippen LogP contribution in [0.5, 0.6) is 11.5 Å². The van der Waals surface area contributed by atoms with Crippen LogP contribution in [0, 0.1) is 0 Å². The molecule has 2 rings (SSSR count). The second kappa shape index (κ2) is 15.4. The zero-order valence-electron chi connectivity index (χ0n) is 18.8. The molecule has 0 radical (unpaired) electrons. The Morgan fingerprint density at radius 1 is 0.758 bits per heavy atom. The van der Waals surface area contributed by atoms with Gasteiger partial charge in [0.05, 0.1) is 45.7 Å². The summed E-state index contributed by atoms with van der Waals surface area (Å²) in [6.45, 7) is 5.63. The molecule has 0 saturated carbocycles. The van der Waals surface area contributed by atoms with Gasteiger partial charge in [0.2, 0.25) is 0 Å². The minimum atomic E-state index is -0.471. The van der Waals surface area contributed by atoms with Crippen LogP contribution in [0.2, 0.25) is 0 Å². The van der Waals surface area contributed by atoms with Crippen LogP contribution in [0.1, 0.15) is 15.9 Å². The highest BCUT2D eigenvalue weighted by molar-refractivity contribution is 5.89. The van der Waals surface area contributed by atoms with E-state index in [-0.39, 0.29) is 12.6 Å².